The Labute approximate surface area is 163 Å². The van der Waals surface area contributed by atoms with Gasteiger partial charge in [-0.15, -0.1) is 11.3 Å². The first kappa shape index (κ1) is 16.8. The summed E-state index contributed by atoms with van der Waals surface area (Å²) in [5.41, 5.74) is 9.37. The summed E-state index contributed by atoms with van der Waals surface area (Å²) in [6.07, 6.45) is 4.08. The van der Waals surface area contributed by atoms with Gasteiger partial charge in [-0.1, -0.05) is 11.6 Å². The SMILES string of the molecule is Cc1ccc2c(c1)c1c(n2-c2cscc2-c2ccnn2C)CCN(C)CC1. The second kappa shape index (κ2) is 6.36. The van der Waals surface area contributed by atoms with Crippen LogP contribution in [-0.4, -0.2) is 39.4 Å². The Bertz CT molecular complexity index is 1130. The first-order chi connectivity index (χ1) is 13.1. The van der Waals surface area contributed by atoms with E-state index in [2.05, 4.69) is 63.6 Å². The minimum atomic E-state index is 1.08. The molecule has 0 amide bonds. The molecule has 1 aromatic carbocycles. The predicted octanol–water partition coefficient (Wildman–Crippen LogP) is 4.43. The Kier molecular flexibility index (Phi) is 3.95. The molecular formula is C22H24N4S. The molecule has 5 rings (SSSR count). The topological polar surface area (TPSA) is 26.0 Å². The van der Waals surface area contributed by atoms with E-state index in [4.69, 9.17) is 0 Å². The highest BCUT2D eigenvalue weighted by molar-refractivity contribution is 7.08. The van der Waals surface area contributed by atoms with Crippen LogP contribution in [0.1, 0.15) is 16.8 Å². The van der Waals surface area contributed by atoms with E-state index >= 15 is 0 Å². The van der Waals surface area contributed by atoms with E-state index in [9.17, 15) is 0 Å². The van der Waals surface area contributed by atoms with Crippen molar-refractivity contribution >= 4 is 22.2 Å². The van der Waals surface area contributed by atoms with Gasteiger partial charge < -0.3 is 9.47 Å². The Hall–Kier alpha value is -2.37. The molecule has 0 saturated heterocycles. The molecule has 4 aromatic rings. The highest BCUT2D eigenvalue weighted by Crippen LogP contribution is 2.37. The Morgan fingerprint density at radius 1 is 1.04 bits per heavy atom. The van der Waals surface area contributed by atoms with E-state index < -0.39 is 0 Å². The van der Waals surface area contributed by atoms with E-state index in [-0.39, 0.29) is 0 Å². The lowest BCUT2D eigenvalue weighted by Crippen LogP contribution is -2.21. The van der Waals surface area contributed by atoms with Gasteiger partial charge in [0, 0.05) is 60.2 Å². The second-order valence-electron chi connectivity index (χ2n) is 7.60. The molecule has 27 heavy (non-hydrogen) atoms. The number of fused-ring (bicyclic) bond motifs is 3. The van der Waals surface area contributed by atoms with E-state index in [0.29, 0.717) is 0 Å². The third kappa shape index (κ3) is 2.65. The summed E-state index contributed by atoms with van der Waals surface area (Å²) in [5, 5.41) is 10.3. The Balaban J connectivity index is 1.80. The Morgan fingerprint density at radius 3 is 2.70 bits per heavy atom. The summed E-state index contributed by atoms with van der Waals surface area (Å²) in [6, 6.07) is 9.01. The summed E-state index contributed by atoms with van der Waals surface area (Å²) < 4.78 is 4.48. The van der Waals surface area contributed by atoms with Crippen LogP contribution in [0.3, 0.4) is 0 Å². The number of aromatic nitrogens is 3. The number of aryl methyl sites for hydroxylation is 2. The maximum absolute atomic E-state index is 4.39. The number of thiophene rings is 1. The zero-order chi connectivity index (χ0) is 18.5. The van der Waals surface area contributed by atoms with Gasteiger partial charge in [0.2, 0.25) is 0 Å². The van der Waals surface area contributed by atoms with Crippen LogP contribution < -0.4 is 0 Å². The van der Waals surface area contributed by atoms with Gasteiger partial charge in [-0.25, -0.2) is 0 Å². The Morgan fingerprint density at radius 2 is 1.89 bits per heavy atom. The van der Waals surface area contributed by atoms with Crippen LogP contribution in [0.5, 0.6) is 0 Å². The highest BCUT2D eigenvalue weighted by atomic mass is 32.1. The molecule has 0 N–H and O–H groups in total. The van der Waals surface area contributed by atoms with Gasteiger partial charge in [0.1, 0.15) is 0 Å². The lowest BCUT2D eigenvalue weighted by Gasteiger charge is -2.15. The zero-order valence-electron chi connectivity index (χ0n) is 16.1. The van der Waals surface area contributed by atoms with Crippen LogP contribution in [0, 0.1) is 6.92 Å². The second-order valence-corrected chi connectivity index (χ2v) is 8.34. The number of rotatable bonds is 2. The van der Waals surface area contributed by atoms with E-state index in [1.807, 2.05) is 17.9 Å². The molecule has 0 spiro atoms. The number of nitrogens with zero attached hydrogens (tertiary/aromatic N) is 4. The van der Waals surface area contributed by atoms with Crippen LogP contribution in [0.2, 0.25) is 0 Å². The van der Waals surface area contributed by atoms with E-state index in [1.165, 1.54) is 44.7 Å². The standard InChI is InChI=1S/C22H24N4S/c1-15-4-5-20-17(12-15)16-7-10-24(2)11-8-21(16)26(20)22-14-27-13-18(22)19-6-9-23-25(19)3/h4-6,9,12-14H,7-8,10-11H2,1-3H3. The normalized spacial score (nSPS) is 15.2. The van der Waals surface area contributed by atoms with Crippen molar-refractivity contribution in [1.29, 1.82) is 0 Å². The highest BCUT2D eigenvalue weighted by Gasteiger charge is 2.23. The van der Waals surface area contributed by atoms with Crippen molar-refractivity contribution in [3.8, 4) is 16.9 Å². The van der Waals surface area contributed by atoms with Gasteiger partial charge in [-0.05, 0) is 44.2 Å². The van der Waals surface area contributed by atoms with Crippen LogP contribution in [0.4, 0.5) is 0 Å². The molecule has 0 fully saturated rings. The summed E-state index contributed by atoms with van der Waals surface area (Å²) in [7, 11) is 4.25. The van der Waals surface area contributed by atoms with Crippen molar-refractivity contribution in [3.63, 3.8) is 0 Å². The fourth-order valence-corrected chi connectivity index (χ4v) is 5.15. The van der Waals surface area contributed by atoms with Crippen LogP contribution in [-0.2, 0) is 19.9 Å². The van der Waals surface area contributed by atoms with Crippen LogP contribution >= 0.6 is 11.3 Å². The lowest BCUT2D eigenvalue weighted by molar-refractivity contribution is 0.351. The van der Waals surface area contributed by atoms with Gasteiger partial charge in [0.25, 0.3) is 0 Å². The third-order valence-corrected chi connectivity index (χ3v) is 6.52. The predicted molar refractivity (Wildman–Crippen MR) is 113 cm³/mol. The molecule has 1 aliphatic heterocycles. The summed E-state index contributed by atoms with van der Waals surface area (Å²) in [4.78, 5) is 2.45. The van der Waals surface area contributed by atoms with E-state index in [1.54, 1.807) is 11.3 Å². The molecule has 4 nitrogen and oxygen atoms in total. The molecular weight excluding hydrogens is 352 g/mol. The quantitative estimate of drug-likeness (QED) is 0.517. The molecule has 0 atom stereocenters. The van der Waals surface area contributed by atoms with Gasteiger partial charge in [0.15, 0.2) is 0 Å². The number of likely N-dealkylation sites (N-methyl/N-ethyl adjacent to an activating group) is 1. The third-order valence-electron chi connectivity index (χ3n) is 5.79. The number of benzene rings is 1. The first-order valence-corrected chi connectivity index (χ1v) is 10.4. The van der Waals surface area contributed by atoms with Crippen LogP contribution in [0.25, 0.3) is 27.8 Å². The zero-order valence-corrected chi connectivity index (χ0v) is 16.9. The molecule has 0 radical (unpaired) electrons. The summed E-state index contributed by atoms with van der Waals surface area (Å²) in [6.45, 7) is 4.42. The molecule has 0 saturated carbocycles. The van der Waals surface area contributed by atoms with Gasteiger partial charge in [0.05, 0.1) is 16.9 Å². The largest absolute Gasteiger partial charge is 0.312 e. The molecule has 4 heterocycles. The van der Waals surface area contributed by atoms with Crippen LogP contribution in [0.15, 0.2) is 41.2 Å². The van der Waals surface area contributed by atoms with Crippen molar-refractivity contribution in [1.82, 2.24) is 19.2 Å². The fraction of sp³-hybridized carbons (Fsp3) is 0.318. The van der Waals surface area contributed by atoms with Gasteiger partial charge >= 0.3 is 0 Å². The maximum atomic E-state index is 4.39. The average Bonchev–Trinajstić information content (AvgIpc) is 3.31. The average molecular weight is 377 g/mol. The molecule has 1 aliphatic rings. The maximum Gasteiger partial charge on any atom is 0.0708 e. The van der Waals surface area contributed by atoms with Crippen molar-refractivity contribution in [3.05, 3.63) is 58.0 Å². The minimum Gasteiger partial charge on any atom is -0.312 e. The molecule has 0 unspecified atom stereocenters. The number of hydrogen-bond acceptors (Lipinski definition) is 3. The minimum absolute atomic E-state index is 1.08. The van der Waals surface area contributed by atoms with Gasteiger partial charge in [-0.2, -0.15) is 5.10 Å². The van der Waals surface area contributed by atoms with Crippen molar-refractivity contribution in [2.45, 2.75) is 19.8 Å². The van der Waals surface area contributed by atoms with Gasteiger partial charge in [-0.3, -0.25) is 4.68 Å². The molecule has 5 heteroatoms. The summed E-state index contributed by atoms with van der Waals surface area (Å²) in [5.74, 6) is 0. The molecule has 0 bridgehead atoms. The van der Waals surface area contributed by atoms with E-state index in [0.717, 1.165) is 25.9 Å². The molecule has 138 valence electrons. The first-order valence-electron chi connectivity index (χ1n) is 9.50. The monoisotopic (exact) mass is 376 g/mol. The fourth-order valence-electron chi connectivity index (χ4n) is 4.34. The smallest absolute Gasteiger partial charge is 0.0708 e. The molecule has 0 aliphatic carbocycles. The molecule has 3 aromatic heterocycles. The van der Waals surface area contributed by atoms with Crippen molar-refractivity contribution < 1.29 is 0 Å². The lowest BCUT2D eigenvalue weighted by atomic mass is 10.1. The van der Waals surface area contributed by atoms with Crippen molar-refractivity contribution in [2.24, 2.45) is 7.05 Å². The van der Waals surface area contributed by atoms with Crippen molar-refractivity contribution in [2.75, 3.05) is 20.1 Å². The summed E-state index contributed by atoms with van der Waals surface area (Å²) >= 11 is 1.77. The number of hydrogen-bond donors (Lipinski definition) is 0.